The van der Waals surface area contributed by atoms with Gasteiger partial charge < -0.3 is 16.4 Å². The third-order valence-corrected chi connectivity index (χ3v) is 12.9. The maximum atomic E-state index is 13.0. The largest absolute Gasteiger partial charge is 0.374 e. The van der Waals surface area contributed by atoms with E-state index in [-0.39, 0.29) is 4.75 Å². The average molecular weight is 753 g/mol. The summed E-state index contributed by atoms with van der Waals surface area (Å²) in [5.74, 6) is 1.97. The Kier molecular flexibility index (Phi) is 12.8. The zero-order chi connectivity index (χ0) is 37.4. The van der Waals surface area contributed by atoms with Crippen LogP contribution in [0.2, 0.25) is 0 Å². The van der Waals surface area contributed by atoms with Gasteiger partial charge in [-0.15, -0.1) is 22.7 Å². The summed E-state index contributed by atoms with van der Waals surface area (Å²) >= 11 is 3.32. The van der Waals surface area contributed by atoms with Gasteiger partial charge in [-0.2, -0.15) is 0 Å². The van der Waals surface area contributed by atoms with E-state index in [0.29, 0.717) is 17.8 Å². The number of hydrogen-bond donors (Lipinski definition) is 4. The van der Waals surface area contributed by atoms with Crippen LogP contribution in [0, 0.1) is 13.1 Å². The van der Waals surface area contributed by atoms with Crippen molar-refractivity contribution in [3.63, 3.8) is 0 Å². The second kappa shape index (κ2) is 17.1. The second-order valence-corrected chi connectivity index (χ2v) is 18.3. The molecule has 12 heteroatoms. The highest BCUT2D eigenvalue weighted by atomic mass is 32.2. The number of aliphatic imine (C=N–C) groups is 2. The fraction of sp³-hybridized carbons (Fsp3) is 0.400. The first-order valence-corrected chi connectivity index (χ1v) is 20.4. The zero-order valence-electron chi connectivity index (χ0n) is 30.6. The van der Waals surface area contributed by atoms with E-state index in [1.165, 1.54) is 0 Å². The Balaban J connectivity index is 0.000000206. The molecule has 52 heavy (non-hydrogen) atoms. The Morgan fingerprint density at radius 1 is 0.769 bits per heavy atom. The lowest BCUT2D eigenvalue weighted by atomic mass is 9.94. The summed E-state index contributed by atoms with van der Waals surface area (Å²) in [6.45, 7) is 28.1. The number of benzene rings is 2. The van der Waals surface area contributed by atoms with Gasteiger partial charge in [0.15, 0.2) is 11.4 Å². The SMILES string of the molecule is [C-]#[N+]c1cccc(-c2csc([C@@](C)(N)CC3=NCCCN3)c2)c1.[C-]#[N+]c1cccc(-c2csc([C@](C)(CC3=NCCCN3)NS(=O)C(C)(C)C)c2)c1. The van der Waals surface area contributed by atoms with E-state index in [0.717, 1.165) is 89.1 Å². The van der Waals surface area contributed by atoms with Crippen LogP contribution < -0.4 is 21.1 Å². The molecule has 272 valence electrons. The van der Waals surface area contributed by atoms with E-state index in [2.05, 4.69) is 71.8 Å². The van der Waals surface area contributed by atoms with Gasteiger partial charge in [0.2, 0.25) is 0 Å². The van der Waals surface area contributed by atoms with Crippen molar-refractivity contribution >= 4 is 56.7 Å². The first kappa shape index (κ1) is 39.0. The number of nitrogens with zero attached hydrogens (tertiary/aromatic N) is 4. The Morgan fingerprint density at radius 3 is 1.75 bits per heavy atom. The quantitative estimate of drug-likeness (QED) is 0.121. The predicted octanol–water partition coefficient (Wildman–Crippen LogP) is 8.94. The van der Waals surface area contributed by atoms with Crippen LogP contribution >= 0.6 is 22.7 Å². The van der Waals surface area contributed by atoms with Crippen molar-refractivity contribution in [1.82, 2.24) is 15.4 Å². The van der Waals surface area contributed by atoms with Crippen molar-refractivity contribution in [3.05, 3.63) is 104 Å². The first-order valence-electron chi connectivity index (χ1n) is 17.5. The van der Waals surface area contributed by atoms with Crippen LogP contribution in [0.5, 0.6) is 0 Å². The monoisotopic (exact) mass is 752 g/mol. The molecule has 0 bridgehead atoms. The number of rotatable bonds is 10. The molecular formula is C40H48N8OS3. The molecule has 1 unspecified atom stereocenters. The number of amidine groups is 2. The Hall–Kier alpha value is -4.17. The lowest BCUT2D eigenvalue weighted by Gasteiger charge is -2.34. The number of nitrogens with two attached hydrogens (primary N) is 1. The molecule has 9 nitrogen and oxygen atoms in total. The van der Waals surface area contributed by atoms with E-state index >= 15 is 0 Å². The van der Waals surface area contributed by atoms with E-state index < -0.39 is 22.1 Å². The van der Waals surface area contributed by atoms with Gasteiger partial charge in [-0.25, -0.2) is 18.6 Å². The summed E-state index contributed by atoms with van der Waals surface area (Å²) in [4.78, 5) is 18.4. The summed E-state index contributed by atoms with van der Waals surface area (Å²) in [7, 11) is -1.22. The van der Waals surface area contributed by atoms with Crippen molar-refractivity contribution in [1.29, 1.82) is 0 Å². The van der Waals surface area contributed by atoms with Gasteiger partial charge in [0.05, 0.1) is 51.6 Å². The maximum Gasteiger partial charge on any atom is 0.187 e. The topological polar surface area (TPSA) is 113 Å². The molecule has 4 heterocycles. The van der Waals surface area contributed by atoms with Crippen molar-refractivity contribution in [2.75, 3.05) is 26.2 Å². The molecule has 6 rings (SSSR count). The predicted molar refractivity (Wildman–Crippen MR) is 221 cm³/mol. The molecule has 0 amide bonds. The number of thiophene rings is 2. The smallest absolute Gasteiger partial charge is 0.187 e. The highest BCUT2D eigenvalue weighted by molar-refractivity contribution is 7.84. The number of hydrogen-bond acceptors (Lipinski definition) is 8. The van der Waals surface area contributed by atoms with Crippen LogP contribution in [0.25, 0.3) is 31.9 Å². The van der Waals surface area contributed by atoms with Gasteiger partial charge in [-0.1, -0.05) is 36.4 Å². The number of nitrogens with one attached hydrogen (secondary N) is 3. The molecule has 0 aliphatic carbocycles. The molecule has 0 fully saturated rings. The van der Waals surface area contributed by atoms with Gasteiger partial charge in [0.1, 0.15) is 0 Å². The molecule has 0 saturated carbocycles. The molecular weight excluding hydrogens is 705 g/mol. The van der Waals surface area contributed by atoms with E-state index in [4.69, 9.17) is 18.9 Å². The van der Waals surface area contributed by atoms with Gasteiger partial charge in [-0.3, -0.25) is 9.98 Å². The van der Waals surface area contributed by atoms with Crippen LogP contribution in [0.4, 0.5) is 11.4 Å². The van der Waals surface area contributed by atoms with Crippen molar-refractivity contribution in [2.45, 2.75) is 76.1 Å². The summed E-state index contributed by atoms with van der Waals surface area (Å²) in [5, 5.41) is 10.9. The third kappa shape index (κ3) is 10.2. The summed E-state index contributed by atoms with van der Waals surface area (Å²) in [5.41, 5.74) is 11.2. The highest BCUT2D eigenvalue weighted by Crippen LogP contribution is 2.37. The molecule has 4 aromatic rings. The minimum Gasteiger partial charge on any atom is -0.374 e. The van der Waals surface area contributed by atoms with Crippen molar-refractivity contribution in [2.24, 2.45) is 15.7 Å². The maximum absolute atomic E-state index is 13.0. The Morgan fingerprint density at radius 2 is 1.27 bits per heavy atom. The second-order valence-electron chi connectivity index (χ2n) is 14.5. The molecule has 5 N–H and O–H groups in total. The summed E-state index contributed by atoms with van der Waals surface area (Å²) < 4.78 is 16.0. The molecule has 2 aliphatic heterocycles. The van der Waals surface area contributed by atoms with Crippen LogP contribution in [0.15, 0.2) is 81.4 Å². The molecule has 3 atom stereocenters. The normalized spacial score (nSPS) is 17.2. The third-order valence-electron chi connectivity index (χ3n) is 8.79. The van der Waals surface area contributed by atoms with Crippen molar-refractivity contribution < 1.29 is 4.21 Å². The van der Waals surface area contributed by atoms with E-state index in [1.54, 1.807) is 22.7 Å². The van der Waals surface area contributed by atoms with Crippen LogP contribution in [0.1, 0.15) is 70.1 Å². The van der Waals surface area contributed by atoms with Crippen LogP contribution in [-0.4, -0.2) is 46.8 Å². The zero-order valence-corrected chi connectivity index (χ0v) is 33.0. The first-order chi connectivity index (χ1) is 24.8. The Labute approximate surface area is 319 Å². The van der Waals surface area contributed by atoms with Gasteiger partial charge in [0.25, 0.3) is 0 Å². The molecule has 0 spiro atoms. The standard InChI is InChI=1S/C22H28N4OS2.C18H20N4S/c1-21(2,3)29(27)26-22(4,14-20-24-10-7-11-25-20)19-13-17(15-28-19)16-8-6-9-18(12-16)23-5;1-18(19,11-17-21-7-4-8-22-17)16-10-14(12-23-16)13-5-3-6-15(9-13)20-2/h6,8-9,12-13,15,26H,7,10-11,14H2,1-4H3,(H,24,25);3,5-6,9-10,12H,4,7-8,11,19H2,1H3,(H,21,22)/t22-,29?;18-/m00/s1. The molecule has 2 aromatic heterocycles. The van der Waals surface area contributed by atoms with Gasteiger partial charge >= 0.3 is 0 Å². The van der Waals surface area contributed by atoms with E-state index in [9.17, 15) is 4.21 Å². The van der Waals surface area contributed by atoms with Crippen LogP contribution in [-0.2, 0) is 22.1 Å². The Bertz CT molecular complexity index is 2020. The van der Waals surface area contributed by atoms with Crippen LogP contribution in [0.3, 0.4) is 0 Å². The summed E-state index contributed by atoms with van der Waals surface area (Å²) in [6.07, 6.45) is 3.50. The summed E-state index contributed by atoms with van der Waals surface area (Å²) in [6, 6.07) is 19.6. The minimum absolute atomic E-state index is 0.368. The molecule has 2 aliphatic rings. The lowest BCUT2D eigenvalue weighted by molar-refractivity contribution is 0.459. The average Bonchev–Trinajstić information content (AvgIpc) is 3.85. The lowest BCUT2D eigenvalue weighted by Crippen LogP contribution is -2.48. The van der Waals surface area contributed by atoms with Gasteiger partial charge in [0, 0.05) is 48.8 Å². The minimum atomic E-state index is -1.22. The van der Waals surface area contributed by atoms with E-state index in [1.807, 2.05) is 69.3 Å². The molecule has 0 saturated heterocycles. The fourth-order valence-corrected chi connectivity index (χ4v) is 8.77. The van der Waals surface area contributed by atoms with Crippen molar-refractivity contribution in [3.8, 4) is 22.3 Å². The van der Waals surface area contributed by atoms with Gasteiger partial charge in [-0.05, 0) is 105 Å². The molecule has 2 aromatic carbocycles. The molecule has 0 radical (unpaired) electrons. The fourth-order valence-electron chi connectivity index (χ4n) is 5.78. The highest BCUT2D eigenvalue weighted by Gasteiger charge is 2.35.